The van der Waals surface area contributed by atoms with Crippen LogP contribution in [0, 0.1) is 11.8 Å². The Morgan fingerprint density at radius 2 is 2.23 bits per heavy atom. The van der Waals surface area contributed by atoms with Crippen LogP contribution in [0.15, 0.2) is 12.1 Å². The van der Waals surface area contributed by atoms with E-state index in [4.69, 9.17) is 26.8 Å². The van der Waals surface area contributed by atoms with Gasteiger partial charge < -0.3 is 25.8 Å². The maximum atomic E-state index is 12.8. The van der Waals surface area contributed by atoms with E-state index in [2.05, 4.69) is 22.5 Å². The highest BCUT2D eigenvalue weighted by Crippen LogP contribution is 2.30. The van der Waals surface area contributed by atoms with E-state index in [9.17, 15) is 4.79 Å². The molecule has 3 atom stereocenters. The van der Waals surface area contributed by atoms with Crippen LogP contribution in [0.25, 0.3) is 0 Å². The summed E-state index contributed by atoms with van der Waals surface area (Å²) in [6.07, 6.45) is 0.319. The second kappa shape index (κ2) is 10.5. The van der Waals surface area contributed by atoms with E-state index >= 15 is 0 Å². The maximum Gasteiger partial charge on any atom is 0.255 e. The van der Waals surface area contributed by atoms with E-state index in [1.165, 1.54) is 6.07 Å². The van der Waals surface area contributed by atoms with Crippen LogP contribution < -0.4 is 21.1 Å². The van der Waals surface area contributed by atoms with Crippen LogP contribution in [0.2, 0.25) is 5.02 Å². The largest absolute Gasteiger partial charge is 0.477 e. The third kappa shape index (κ3) is 5.68. The van der Waals surface area contributed by atoms with Gasteiger partial charge in [-0.2, -0.15) is 0 Å². The van der Waals surface area contributed by atoms with Gasteiger partial charge in [-0.15, -0.1) is 18.3 Å². The summed E-state index contributed by atoms with van der Waals surface area (Å²) in [6, 6.07) is 2.99. The molecule has 2 unspecified atom stereocenters. The first kappa shape index (κ1) is 22.4. The van der Waals surface area contributed by atoms with Gasteiger partial charge in [0.1, 0.15) is 5.75 Å². The van der Waals surface area contributed by atoms with Crippen LogP contribution in [0.1, 0.15) is 30.6 Å². The Bertz CT molecular complexity index is 688. The minimum absolute atomic E-state index is 0. The molecule has 0 aliphatic carbocycles. The molecule has 1 fully saturated rings. The van der Waals surface area contributed by atoms with Crippen LogP contribution in [-0.4, -0.2) is 44.4 Å². The Kier molecular flexibility index (Phi) is 9.03. The van der Waals surface area contributed by atoms with Crippen molar-refractivity contribution in [2.45, 2.75) is 38.5 Å². The number of amides is 1. The zero-order valence-electron chi connectivity index (χ0n) is 15.1. The van der Waals surface area contributed by atoms with Gasteiger partial charge in [0.15, 0.2) is 6.10 Å². The van der Waals surface area contributed by atoms with Crippen LogP contribution in [0.3, 0.4) is 0 Å². The number of hydrogen-bond donors (Lipinski definition) is 3. The summed E-state index contributed by atoms with van der Waals surface area (Å²) in [5, 5.41) is 6.56. The topological polar surface area (TPSA) is 85.6 Å². The average Bonchev–Trinajstić information content (AvgIpc) is 2.58. The molecule has 1 heterocycles. The molecule has 1 aromatic rings. The lowest BCUT2D eigenvalue weighted by atomic mass is 10.0. The number of methoxy groups -OCH3 is 1. The van der Waals surface area contributed by atoms with Crippen LogP contribution in [0.4, 0.5) is 5.69 Å². The van der Waals surface area contributed by atoms with Gasteiger partial charge in [-0.25, -0.2) is 0 Å². The van der Waals surface area contributed by atoms with Crippen molar-refractivity contribution in [2.24, 2.45) is 0 Å². The molecule has 1 amide bonds. The predicted octanol–water partition coefficient (Wildman–Crippen LogP) is 2.24. The molecule has 26 heavy (non-hydrogen) atoms. The number of rotatable bonds is 5. The molecule has 4 N–H and O–H groups in total. The first-order valence-electron chi connectivity index (χ1n) is 8.18. The van der Waals surface area contributed by atoms with Gasteiger partial charge in [-0.1, -0.05) is 17.5 Å². The van der Waals surface area contributed by atoms with Crippen molar-refractivity contribution in [1.29, 1.82) is 0 Å². The van der Waals surface area contributed by atoms with E-state index in [-0.39, 0.29) is 36.6 Å². The Balaban J connectivity index is 0.00000338. The molecule has 1 saturated heterocycles. The van der Waals surface area contributed by atoms with Gasteiger partial charge in [0.2, 0.25) is 0 Å². The van der Waals surface area contributed by atoms with Crippen molar-refractivity contribution >= 4 is 35.6 Å². The minimum Gasteiger partial charge on any atom is -0.477 e. The first-order chi connectivity index (χ1) is 12.0. The van der Waals surface area contributed by atoms with Crippen LogP contribution in [0.5, 0.6) is 5.75 Å². The summed E-state index contributed by atoms with van der Waals surface area (Å²) in [7, 11) is 1.64. The number of hydrogen-bond acceptors (Lipinski definition) is 5. The lowest BCUT2D eigenvalue weighted by Crippen LogP contribution is -2.53. The molecule has 0 spiro atoms. The quantitative estimate of drug-likeness (QED) is 0.520. The molecule has 144 valence electrons. The molecule has 1 aliphatic heterocycles. The van der Waals surface area contributed by atoms with Crippen molar-refractivity contribution in [2.75, 3.05) is 25.9 Å². The van der Waals surface area contributed by atoms with Gasteiger partial charge in [-0.3, -0.25) is 4.79 Å². The standard InChI is InChI=1S/C18H24ClN3O3.ClH/c1-4-5-11(2)25-16-9-14(20)13(19)8-12(16)18(23)22-15-6-7-21-10-17(15)24-3;/h8-9,11,15,17,21H,6-7,10,20H2,1-3H3,(H,22,23);1H/t11-,15?,17?;/m0./s1. The van der Waals surface area contributed by atoms with Crippen molar-refractivity contribution in [1.82, 2.24) is 10.6 Å². The summed E-state index contributed by atoms with van der Waals surface area (Å²) < 4.78 is 11.2. The molecule has 0 saturated carbocycles. The Morgan fingerprint density at radius 3 is 2.88 bits per heavy atom. The normalized spacial score (nSPS) is 20.2. The summed E-state index contributed by atoms with van der Waals surface area (Å²) in [4.78, 5) is 12.8. The van der Waals surface area contributed by atoms with E-state index in [0.717, 1.165) is 13.0 Å². The molecule has 1 aliphatic rings. The molecular formula is C18H25Cl2N3O3. The highest BCUT2D eigenvalue weighted by Gasteiger charge is 2.28. The Morgan fingerprint density at radius 1 is 1.50 bits per heavy atom. The van der Waals surface area contributed by atoms with Crippen LogP contribution in [-0.2, 0) is 4.74 Å². The molecule has 6 nitrogen and oxygen atoms in total. The molecule has 0 radical (unpaired) electrons. The number of anilines is 1. The summed E-state index contributed by atoms with van der Waals surface area (Å²) in [5.41, 5.74) is 6.54. The highest BCUT2D eigenvalue weighted by molar-refractivity contribution is 6.33. The third-order valence-corrected chi connectivity index (χ3v) is 4.37. The van der Waals surface area contributed by atoms with Crippen molar-refractivity contribution < 1.29 is 14.3 Å². The number of nitrogens with two attached hydrogens (primary N) is 1. The monoisotopic (exact) mass is 401 g/mol. The summed E-state index contributed by atoms with van der Waals surface area (Å²) in [5.74, 6) is 5.75. The number of piperidine rings is 1. The number of nitrogens with one attached hydrogen (secondary N) is 2. The van der Waals surface area contributed by atoms with E-state index < -0.39 is 0 Å². The molecule has 0 bridgehead atoms. The molecular weight excluding hydrogens is 377 g/mol. The third-order valence-electron chi connectivity index (χ3n) is 4.04. The van der Waals surface area contributed by atoms with E-state index in [1.54, 1.807) is 27.0 Å². The second-order valence-corrected chi connectivity index (χ2v) is 6.28. The van der Waals surface area contributed by atoms with Gasteiger partial charge in [-0.05, 0) is 32.9 Å². The zero-order chi connectivity index (χ0) is 18.4. The van der Waals surface area contributed by atoms with E-state index in [0.29, 0.717) is 28.6 Å². The number of benzene rings is 1. The minimum atomic E-state index is -0.372. The number of carbonyl (C=O) groups is 1. The lowest BCUT2D eigenvalue weighted by molar-refractivity contribution is 0.0475. The summed E-state index contributed by atoms with van der Waals surface area (Å²) >= 11 is 6.10. The Hall–Kier alpha value is -1.65. The van der Waals surface area contributed by atoms with Gasteiger partial charge in [0.25, 0.3) is 5.91 Å². The van der Waals surface area contributed by atoms with Gasteiger partial charge in [0, 0.05) is 19.7 Å². The first-order valence-corrected chi connectivity index (χ1v) is 8.56. The number of halogens is 2. The number of ether oxygens (including phenoxy) is 2. The second-order valence-electron chi connectivity index (χ2n) is 5.87. The molecule has 8 heteroatoms. The zero-order valence-corrected chi connectivity index (χ0v) is 16.7. The van der Waals surface area contributed by atoms with E-state index in [1.807, 2.05) is 0 Å². The van der Waals surface area contributed by atoms with Crippen molar-refractivity contribution in [3.05, 3.63) is 22.7 Å². The SMILES string of the molecule is CC#C[C@H](C)Oc1cc(N)c(Cl)cc1C(=O)NC1CCNCC1OC.Cl. The van der Waals surface area contributed by atoms with Crippen molar-refractivity contribution in [3.8, 4) is 17.6 Å². The molecule has 1 aromatic carbocycles. The number of nitrogen functional groups attached to an aromatic ring is 1. The average molecular weight is 402 g/mol. The van der Waals surface area contributed by atoms with Gasteiger partial charge in [0.05, 0.1) is 28.4 Å². The smallest absolute Gasteiger partial charge is 0.255 e. The highest BCUT2D eigenvalue weighted by atomic mass is 35.5. The fraction of sp³-hybridized carbons (Fsp3) is 0.500. The Labute approximate surface area is 165 Å². The van der Waals surface area contributed by atoms with Gasteiger partial charge >= 0.3 is 0 Å². The molecule has 0 aromatic heterocycles. The maximum absolute atomic E-state index is 12.8. The van der Waals surface area contributed by atoms with Crippen molar-refractivity contribution in [3.63, 3.8) is 0 Å². The lowest BCUT2D eigenvalue weighted by Gasteiger charge is -2.31. The predicted molar refractivity (Wildman–Crippen MR) is 106 cm³/mol. The van der Waals surface area contributed by atoms with Crippen LogP contribution >= 0.6 is 24.0 Å². The fourth-order valence-corrected chi connectivity index (χ4v) is 2.92. The number of carbonyl (C=O) groups excluding carboxylic acids is 1. The molecule has 2 rings (SSSR count). The summed E-state index contributed by atoms with van der Waals surface area (Å²) in [6.45, 7) is 5.04. The fourth-order valence-electron chi connectivity index (χ4n) is 2.76.